The van der Waals surface area contributed by atoms with E-state index in [9.17, 15) is 19.5 Å². The number of aromatic hydroxyl groups is 1. The van der Waals surface area contributed by atoms with Crippen molar-refractivity contribution < 1.29 is 24.2 Å². The Morgan fingerprint density at radius 1 is 1.19 bits per heavy atom. The molecule has 1 aliphatic heterocycles. The summed E-state index contributed by atoms with van der Waals surface area (Å²) < 4.78 is 4.78. The maximum atomic E-state index is 12.5. The van der Waals surface area contributed by atoms with E-state index >= 15 is 0 Å². The van der Waals surface area contributed by atoms with E-state index in [0.717, 1.165) is 10.5 Å². The number of rotatable bonds is 6. The highest BCUT2D eigenvalue weighted by molar-refractivity contribution is 8.18. The molecule has 3 rings (SSSR count). The molecule has 0 bridgehead atoms. The van der Waals surface area contributed by atoms with E-state index < -0.39 is 23.7 Å². The van der Waals surface area contributed by atoms with Crippen LogP contribution in [0.2, 0.25) is 5.02 Å². The summed E-state index contributed by atoms with van der Waals surface area (Å²) in [5.41, 5.74) is 2.18. The lowest BCUT2D eigenvalue weighted by Gasteiger charge is -2.10. The molecule has 0 atom stereocenters. The van der Waals surface area contributed by atoms with Gasteiger partial charge in [-0.3, -0.25) is 19.3 Å². The van der Waals surface area contributed by atoms with Gasteiger partial charge < -0.3 is 9.84 Å². The molecule has 0 saturated carbocycles. The Bertz CT molecular complexity index is 1120. The molecule has 2 aromatic rings. The third kappa shape index (κ3) is 5.50. The molecule has 0 aromatic heterocycles. The summed E-state index contributed by atoms with van der Waals surface area (Å²) in [6, 6.07) is 9.76. The molecular weight excluding hydrogens is 442 g/mol. The zero-order chi connectivity index (χ0) is 22.5. The van der Waals surface area contributed by atoms with Crippen molar-refractivity contribution in [1.29, 1.82) is 0 Å². The molecule has 10 heteroatoms. The highest BCUT2D eigenvalue weighted by Gasteiger charge is 2.36. The number of halogens is 1. The van der Waals surface area contributed by atoms with Gasteiger partial charge >= 0.3 is 5.97 Å². The van der Waals surface area contributed by atoms with Crippen LogP contribution in [-0.2, 0) is 14.3 Å². The Hall–Kier alpha value is -3.17. The predicted octanol–water partition coefficient (Wildman–Crippen LogP) is 5.37. The van der Waals surface area contributed by atoms with E-state index in [0.29, 0.717) is 28.2 Å². The number of carbonyl (C=O) groups is 3. The number of phenolic OH excluding ortho intramolecular Hbond substituents is 1. The number of hydrogen-bond acceptors (Lipinski definition) is 8. The molecule has 1 saturated heterocycles. The number of carbonyl (C=O) groups excluding carboxylic acids is 3. The third-order valence-electron chi connectivity index (χ3n) is 4.20. The number of amides is 2. The molecule has 2 aromatic carbocycles. The van der Waals surface area contributed by atoms with Gasteiger partial charge in [-0.15, -0.1) is 0 Å². The van der Waals surface area contributed by atoms with Gasteiger partial charge in [0.1, 0.15) is 12.3 Å². The van der Waals surface area contributed by atoms with E-state index in [1.807, 2.05) is 13.0 Å². The maximum Gasteiger partial charge on any atom is 0.326 e. The Balaban J connectivity index is 1.81. The molecular formula is C21H18ClN3O5S. The predicted molar refractivity (Wildman–Crippen MR) is 118 cm³/mol. The number of hydrogen-bond donors (Lipinski definition) is 1. The van der Waals surface area contributed by atoms with Crippen molar-refractivity contribution in [2.75, 3.05) is 13.2 Å². The minimum Gasteiger partial charge on any atom is -0.507 e. The standard InChI is InChI=1S/C21H18ClN3O5S/c1-3-30-19(27)11-25-20(28)18(31-21(25)29)9-13-8-14(6-7-17(13)26)23-24-15-5-4-12(2)16(22)10-15/h4-10,26H,3,11H2,1-2H3/b18-9-,24-23?. The van der Waals surface area contributed by atoms with Crippen LogP contribution in [0.1, 0.15) is 18.1 Å². The fourth-order valence-corrected chi connectivity index (χ4v) is 3.60. The van der Waals surface area contributed by atoms with E-state index in [-0.39, 0.29) is 22.8 Å². The zero-order valence-corrected chi connectivity index (χ0v) is 18.2. The minimum absolute atomic E-state index is 0.0732. The van der Waals surface area contributed by atoms with Crippen LogP contribution in [0.5, 0.6) is 5.75 Å². The number of phenols is 1. The smallest absolute Gasteiger partial charge is 0.326 e. The summed E-state index contributed by atoms with van der Waals surface area (Å²) in [7, 11) is 0. The molecule has 160 valence electrons. The van der Waals surface area contributed by atoms with Crippen molar-refractivity contribution in [1.82, 2.24) is 4.90 Å². The SMILES string of the molecule is CCOC(=O)CN1C(=O)S/C(=C\c2cc(N=Nc3ccc(C)c(Cl)c3)ccc2O)C1=O. The lowest BCUT2D eigenvalue weighted by atomic mass is 10.1. The summed E-state index contributed by atoms with van der Waals surface area (Å²) in [4.78, 5) is 37.1. The average Bonchev–Trinajstić information content (AvgIpc) is 2.98. The highest BCUT2D eigenvalue weighted by atomic mass is 35.5. The first kappa shape index (κ1) is 22.5. The van der Waals surface area contributed by atoms with Crippen LogP contribution >= 0.6 is 23.4 Å². The molecule has 0 radical (unpaired) electrons. The second-order valence-corrected chi connectivity index (χ2v) is 7.85. The first-order valence-corrected chi connectivity index (χ1v) is 10.4. The average molecular weight is 460 g/mol. The number of benzene rings is 2. The minimum atomic E-state index is -0.674. The topological polar surface area (TPSA) is 109 Å². The van der Waals surface area contributed by atoms with Crippen molar-refractivity contribution in [3.63, 3.8) is 0 Å². The Morgan fingerprint density at radius 3 is 2.55 bits per heavy atom. The number of thioether (sulfide) groups is 1. The summed E-state index contributed by atoms with van der Waals surface area (Å²) in [6.45, 7) is 3.19. The Labute approximate surface area is 187 Å². The molecule has 8 nitrogen and oxygen atoms in total. The maximum absolute atomic E-state index is 12.5. The fourth-order valence-electron chi connectivity index (χ4n) is 2.59. The van der Waals surface area contributed by atoms with Gasteiger partial charge in [0, 0.05) is 10.6 Å². The summed E-state index contributed by atoms with van der Waals surface area (Å²) in [6.07, 6.45) is 1.37. The number of imide groups is 1. The number of ether oxygens (including phenoxy) is 1. The summed E-state index contributed by atoms with van der Waals surface area (Å²) in [5.74, 6) is -1.41. The molecule has 31 heavy (non-hydrogen) atoms. The monoisotopic (exact) mass is 459 g/mol. The van der Waals surface area contributed by atoms with Gasteiger partial charge in [0.25, 0.3) is 11.1 Å². The Kier molecular flexibility index (Phi) is 7.09. The largest absolute Gasteiger partial charge is 0.507 e. The number of azo groups is 1. The van der Waals surface area contributed by atoms with E-state index in [2.05, 4.69) is 10.2 Å². The van der Waals surface area contributed by atoms with E-state index in [1.54, 1.807) is 25.1 Å². The highest BCUT2D eigenvalue weighted by Crippen LogP contribution is 2.35. The summed E-state index contributed by atoms with van der Waals surface area (Å²) in [5, 5.41) is 18.4. The molecule has 1 aliphatic rings. The lowest BCUT2D eigenvalue weighted by Crippen LogP contribution is -2.34. The third-order valence-corrected chi connectivity index (χ3v) is 5.51. The Morgan fingerprint density at radius 2 is 1.87 bits per heavy atom. The van der Waals surface area contributed by atoms with Crippen molar-refractivity contribution >= 4 is 57.9 Å². The van der Waals surface area contributed by atoms with Crippen molar-refractivity contribution in [2.24, 2.45) is 10.2 Å². The van der Waals surface area contributed by atoms with Crippen molar-refractivity contribution in [3.8, 4) is 5.75 Å². The molecule has 0 unspecified atom stereocenters. The quantitative estimate of drug-likeness (QED) is 0.353. The number of nitrogens with zero attached hydrogens (tertiary/aromatic N) is 3. The van der Waals surface area contributed by atoms with Crippen LogP contribution in [0, 0.1) is 6.92 Å². The lowest BCUT2D eigenvalue weighted by molar-refractivity contribution is -0.145. The van der Waals surface area contributed by atoms with Gasteiger partial charge in [-0.25, -0.2) is 0 Å². The van der Waals surface area contributed by atoms with Crippen molar-refractivity contribution in [3.05, 3.63) is 57.5 Å². The van der Waals surface area contributed by atoms with Crippen LogP contribution in [-0.4, -0.2) is 40.3 Å². The first-order chi connectivity index (χ1) is 14.8. The molecule has 1 N–H and O–H groups in total. The molecule has 0 spiro atoms. The van der Waals surface area contributed by atoms with Gasteiger partial charge in [-0.05, 0) is 67.6 Å². The number of aryl methyl sites for hydroxylation is 1. The van der Waals surface area contributed by atoms with E-state index in [4.69, 9.17) is 16.3 Å². The van der Waals surface area contributed by atoms with Crippen LogP contribution in [0.15, 0.2) is 51.5 Å². The molecule has 2 amide bonds. The van der Waals surface area contributed by atoms with Gasteiger partial charge in [-0.2, -0.15) is 10.2 Å². The van der Waals surface area contributed by atoms with Crippen LogP contribution < -0.4 is 0 Å². The van der Waals surface area contributed by atoms with Gasteiger partial charge in [-0.1, -0.05) is 17.7 Å². The zero-order valence-electron chi connectivity index (χ0n) is 16.7. The van der Waals surface area contributed by atoms with Crippen molar-refractivity contribution in [2.45, 2.75) is 13.8 Å². The van der Waals surface area contributed by atoms with Gasteiger partial charge in [0.15, 0.2) is 0 Å². The van der Waals surface area contributed by atoms with Gasteiger partial charge in [0.2, 0.25) is 0 Å². The van der Waals surface area contributed by atoms with Crippen LogP contribution in [0.3, 0.4) is 0 Å². The number of esters is 1. The first-order valence-electron chi connectivity index (χ1n) is 9.20. The second kappa shape index (κ2) is 9.76. The summed E-state index contributed by atoms with van der Waals surface area (Å²) >= 11 is 6.76. The van der Waals surface area contributed by atoms with Crippen LogP contribution in [0.25, 0.3) is 6.08 Å². The normalized spacial score (nSPS) is 15.3. The fraction of sp³-hybridized carbons (Fsp3) is 0.190. The molecule has 0 aliphatic carbocycles. The molecule has 1 heterocycles. The van der Waals surface area contributed by atoms with Crippen LogP contribution in [0.4, 0.5) is 16.2 Å². The second-order valence-electron chi connectivity index (χ2n) is 6.45. The van der Waals surface area contributed by atoms with Gasteiger partial charge in [0.05, 0.1) is 22.9 Å². The van der Waals surface area contributed by atoms with E-state index in [1.165, 1.54) is 18.2 Å². The molecule has 1 fully saturated rings.